The average Bonchev–Trinajstić information content (AvgIpc) is 2.52. The van der Waals surface area contributed by atoms with Gasteiger partial charge < -0.3 is 20.3 Å². The SMILES string of the molecule is CCOCCCNC(=NCC(=O)N(C)C)NCC1(CC(C)C)CCC1.I. The number of amides is 1. The molecule has 6 nitrogen and oxygen atoms in total. The Balaban J connectivity index is 0.00000625. The van der Waals surface area contributed by atoms with Crippen molar-refractivity contribution >= 4 is 35.8 Å². The fourth-order valence-electron chi connectivity index (χ4n) is 3.25. The van der Waals surface area contributed by atoms with Crippen molar-refractivity contribution in [2.24, 2.45) is 16.3 Å². The molecule has 1 amide bonds. The van der Waals surface area contributed by atoms with E-state index in [4.69, 9.17) is 4.74 Å². The van der Waals surface area contributed by atoms with E-state index in [2.05, 4.69) is 29.5 Å². The van der Waals surface area contributed by atoms with Gasteiger partial charge in [-0.3, -0.25) is 4.79 Å². The largest absolute Gasteiger partial charge is 0.382 e. The molecule has 0 aromatic rings. The summed E-state index contributed by atoms with van der Waals surface area (Å²) in [5.74, 6) is 1.45. The van der Waals surface area contributed by atoms with Gasteiger partial charge in [-0.15, -0.1) is 24.0 Å². The fraction of sp³-hybridized carbons (Fsp3) is 0.895. The predicted octanol–water partition coefficient (Wildman–Crippen LogP) is 2.87. The second-order valence-corrected chi connectivity index (χ2v) is 7.74. The van der Waals surface area contributed by atoms with Gasteiger partial charge >= 0.3 is 0 Å². The maximum atomic E-state index is 11.8. The van der Waals surface area contributed by atoms with Crippen molar-refractivity contribution in [3.05, 3.63) is 0 Å². The van der Waals surface area contributed by atoms with Gasteiger partial charge in [0.2, 0.25) is 5.91 Å². The number of rotatable bonds is 11. The van der Waals surface area contributed by atoms with Gasteiger partial charge in [0.15, 0.2) is 5.96 Å². The number of carbonyl (C=O) groups is 1. The zero-order valence-electron chi connectivity index (χ0n) is 17.3. The highest BCUT2D eigenvalue weighted by molar-refractivity contribution is 14.0. The number of guanidine groups is 1. The number of ether oxygens (including phenoxy) is 1. The maximum Gasteiger partial charge on any atom is 0.243 e. The summed E-state index contributed by atoms with van der Waals surface area (Å²) in [7, 11) is 3.51. The molecule has 0 spiro atoms. The molecule has 0 radical (unpaired) electrons. The molecule has 0 unspecified atom stereocenters. The van der Waals surface area contributed by atoms with E-state index in [0.717, 1.165) is 38.7 Å². The standard InChI is InChI=1S/C19H38N4O2.HI/c1-6-25-12-8-11-20-18(21-14-17(24)23(4)5)22-15-19(9-7-10-19)13-16(2)3;/h16H,6-15H2,1-5H3,(H2,20,21,22);1H. The van der Waals surface area contributed by atoms with Crippen LogP contribution in [0.5, 0.6) is 0 Å². The van der Waals surface area contributed by atoms with Crippen LogP contribution in [0.1, 0.15) is 52.9 Å². The van der Waals surface area contributed by atoms with Crippen LogP contribution in [0.15, 0.2) is 4.99 Å². The van der Waals surface area contributed by atoms with E-state index in [-0.39, 0.29) is 36.4 Å². The van der Waals surface area contributed by atoms with Gasteiger partial charge in [-0.1, -0.05) is 20.3 Å². The summed E-state index contributed by atoms with van der Waals surface area (Å²) in [5, 5.41) is 6.82. The number of likely N-dealkylation sites (N-methyl/N-ethyl adjacent to an activating group) is 1. The molecule has 7 heteroatoms. The topological polar surface area (TPSA) is 66.0 Å². The molecule has 1 rings (SSSR count). The molecule has 0 bridgehead atoms. The number of hydrogen-bond donors (Lipinski definition) is 2. The summed E-state index contributed by atoms with van der Waals surface area (Å²) < 4.78 is 5.37. The number of hydrogen-bond acceptors (Lipinski definition) is 3. The molecule has 1 fully saturated rings. The molecule has 0 heterocycles. The molecule has 0 atom stereocenters. The van der Waals surface area contributed by atoms with Gasteiger partial charge in [0.25, 0.3) is 0 Å². The van der Waals surface area contributed by atoms with Crippen LogP contribution in [-0.2, 0) is 9.53 Å². The monoisotopic (exact) mass is 482 g/mol. The number of halogens is 1. The molecule has 2 N–H and O–H groups in total. The van der Waals surface area contributed by atoms with Crippen LogP contribution in [0.3, 0.4) is 0 Å². The smallest absolute Gasteiger partial charge is 0.243 e. The highest BCUT2D eigenvalue weighted by atomic mass is 127. The van der Waals surface area contributed by atoms with Crippen LogP contribution in [0, 0.1) is 11.3 Å². The molecular formula is C19H39IN4O2. The van der Waals surface area contributed by atoms with E-state index in [0.29, 0.717) is 11.3 Å². The summed E-state index contributed by atoms with van der Waals surface area (Å²) in [4.78, 5) is 17.9. The van der Waals surface area contributed by atoms with Gasteiger partial charge in [-0.05, 0) is 43.9 Å². The molecule has 1 aliphatic rings. The molecule has 26 heavy (non-hydrogen) atoms. The van der Waals surface area contributed by atoms with E-state index in [1.54, 1.807) is 19.0 Å². The van der Waals surface area contributed by atoms with Gasteiger partial charge in [-0.25, -0.2) is 4.99 Å². The molecule has 0 aromatic heterocycles. The van der Waals surface area contributed by atoms with Crippen LogP contribution in [-0.4, -0.2) is 63.7 Å². The summed E-state index contributed by atoms with van der Waals surface area (Å²) in [5.41, 5.74) is 0.396. The Bertz CT molecular complexity index is 424. The van der Waals surface area contributed by atoms with E-state index in [1.165, 1.54) is 25.7 Å². The number of nitrogens with one attached hydrogen (secondary N) is 2. The zero-order valence-corrected chi connectivity index (χ0v) is 19.6. The van der Waals surface area contributed by atoms with Crippen LogP contribution in [0.2, 0.25) is 0 Å². The average molecular weight is 482 g/mol. The first-order valence-corrected chi connectivity index (χ1v) is 9.68. The molecular weight excluding hydrogens is 443 g/mol. The van der Waals surface area contributed by atoms with Crippen molar-refractivity contribution in [1.82, 2.24) is 15.5 Å². The van der Waals surface area contributed by atoms with Gasteiger partial charge in [0.05, 0.1) is 0 Å². The molecule has 1 saturated carbocycles. The van der Waals surface area contributed by atoms with Crippen LogP contribution >= 0.6 is 24.0 Å². The Hall–Kier alpha value is -0.570. The molecule has 0 aliphatic heterocycles. The number of nitrogens with zero attached hydrogens (tertiary/aromatic N) is 2. The van der Waals surface area contributed by atoms with Gasteiger partial charge in [0, 0.05) is 40.4 Å². The van der Waals surface area contributed by atoms with Gasteiger partial charge in [-0.2, -0.15) is 0 Å². The minimum absolute atomic E-state index is 0. The number of aliphatic imine (C=N–C) groups is 1. The lowest BCUT2D eigenvalue weighted by Gasteiger charge is -2.43. The maximum absolute atomic E-state index is 11.8. The zero-order chi connectivity index (χ0) is 18.7. The second kappa shape index (κ2) is 13.6. The van der Waals surface area contributed by atoms with E-state index < -0.39 is 0 Å². The normalized spacial score (nSPS) is 15.8. The summed E-state index contributed by atoms with van der Waals surface area (Å²) in [6, 6.07) is 0. The highest BCUT2D eigenvalue weighted by Crippen LogP contribution is 2.45. The van der Waals surface area contributed by atoms with Gasteiger partial charge in [0.1, 0.15) is 6.54 Å². The van der Waals surface area contributed by atoms with Crippen molar-refractivity contribution in [3.63, 3.8) is 0 Å². The molecule has 154 valence electrons. The van der Waals surface area contributed by atoms with E-state index in [1.807, 2.05) is 6.92 Å². The van der Waals surface area contributed by atoms with Crippen molar-refractivity contribution in [1.29, 1.82) is 0 Å². The van der Waals surface area contributed by atoms with Crippen LogP contribution in [0.25, 0.3) is 0 Å². The van der Waals surface area contributed by atoms with E-state index >= 15 is 0 Å². The Kier molecular flexibility index (Phi) is 13.3. The summed E-state index contributed by atoms with van der Waals surface area (Å²) >= 11 is 0. The highest BCUT2D eigenvalue weighted by Gasteiger charge is 2.37. The molecule has 0 aromatic carbocycles. The number of carbonyl (C=O) groups excluding carboxylic acids is 1. The third-order valence-electron chi connectivity index (χ3n) is 4.72. The first-order valence-electron chi connectivity index (χ1n) is 9.68. The first-order chi connectivity index (χ1) is 11.9. The lowest BCUT2D eigenvalue weighted by Crippen LogP contribution is -2.47. The van der Waals surface area contributed by atoms with Crippen molar-refractivity contribution < 1.29 is 9.53 Å². The molecule has 0 saturated heterocycles. The van der Waals surface area contributed by atoms with E-state index in [9.17, 15) is 4.79 Å². The first kappa shape index (κ1) is 25.4. The van der Waals surface area contributed by atoms with Crippen molar-refractivity contribution in [2.45, 2.75) is 52.9 Å². The predicted molar refractivity (Wildman–Crippen MR) is 119 cm³/mol. The fourth-order valence-corrected chi connectivity index (χ4v) is 3.25. The van der Waals surface area contributed by atoms with Crippen molar-refractivity contribution in [3.8, 4) is 0 Å². The summed E-state index contributed by atoms with van der Waals surface area (Å²) in [6.07, 6.45) is 6.06. The third-order valence-corrected chi connectivity index (χ3v) is 4.72. The Morgan fingerprint density at radius 3 is 2.46 bits per heavy atom. The lowest BCUT2D eigenvalue weighted by atomic mass is 9.64. The second-order valence-electron chi connectivity index (χ2n) is 7.74. The Labute approximate surface area is 176 Å². The minimum atomic E-state index is 0. The van der Waals surface area contributed by atoms with Crippen LogP contribution < -0.4 is 10.6 Å². The quantitative estimate of drug-likeness (QED) is 0.206. The Morgan fingerprint density at radius 2 is 1.96 bits per heavy atom. The van der Waals surface area contributed by atoms with Crippen LogP contribution in [0.4, 0.5) is 0 Å². The third kappa shape index (κ3) is 9.94. The minimum Gasteiger partial charge on any atom is -0.382 e. The molecule has 1 aliphatic carbocycles. The van der Waals surface area contributed by atoms with Crippen molar-refractivity contribution in [2.75, 3.05) is 46.9 Å². The lowest BCUT2D eigenvalue weighted by molar-refractivity contribution is -0.127. The Morgan fingerprint density at radius 1 is 1.27 bits per heavy atom. The summed E-state index contributed by atoms with van der Waals surface area (Å²) in [6.45, 7) is 9.96.